The fourth-order valence-corrected chi connectivity index (χ4v) is 1.91. The molecule has 1 fully saturated rings. The molecule has 0 radical (unpaired) electrons. The van der Waals surface area contributed by atoms with E-state index in [2.05, 4.69) is 25.7 Å². The van der Waals surface area contributed by atoms with Crippen LogP contribution in [0.1, 0.15) is 33.6 Å². The van der Waals surface area contributed by atoms with E-state index in [0.29, 0.717) is 12.1 Å². The molecule has 0 bridgehead atoms. The van der Waals surface area contributed by atoms with Crippen LogP contribution < -0.4 is 5.73 Å². The van der Waals surface area contributed by atoms with E-state index in [1.165, 1.54) is 19.5 Å². The van der Waals surface area contributed by atoms with Crippen molar-refractivity contribution in [2.75, 3.05) is 13.1 Å². The van der Waals surface area contributed by atoms with E-state index in [0.717, 1.165) is 12.3 Å². The molecule has 2 heteroatoms. The minimum atomic E-state index is 0.400. The third kappa shape index (κ3) is 2.20. The number of rotatable bonds is 4. The normalized spacial score (nSPS) is 27.2. The molecule has 1 saturated heterocycles. The molecule has 0 aliphatic carbocycles. The Morgan fingerprint density at radius 1 is 1.50 bits per heavy atom. The van der Waals surface area contributed by atoms with Crippen LogP contribution >= 0.6 is 0 Å². The van der Waals surface area contributed by atoms with Gasteiger partial charge in [-0.15, -0.1) is 0 Å². The molecule has 1 aliphatic rings. The first-order chi connectivity index (χ1) is 5.65. The van der Waals surface area contributed by atoms with Gasteiger partial charge in [0.2, 0.25) is 0 Å². The minimum absolute atomic E-state index is 0.400. The van der Waals surface area contributed by atoms with Crippen LogP contribution in [0.15, 0.2) is 0 Å². The van der Waals surface area contributed by atoms with Crippen LogP contribution in [0.5, 0.6) is 0 Å². The Kier molecular flexibility index (Phi) is 3.53. The molecule has 0 spiro atoms. The molecule has 2 nitrogen and oxygen atoms in total. The summed E-state index contributed by atoms with van der Waals surface area (Å²) in [5.41, 5.74) is 6.00. The maximum Gasteiger partial charge on any atom is 0.0259 e. The number of hydrogen-bond donors (Lipinski definition) is 1. The topological polar surface area (TPSA) is 29.3 Å². The molecule has 12 heavy (non-hydrogen) atoms. The monoisotopic (exact) mass is 170 g/mol. The Morgan fingerprint density at radius 2 is 2.17 bits per heavy atom. The lowest BCUT2D eigenvalue weighted by Gasteiger charge is -2.45. The van der Waals surface area contributed by atoms with Gasteiger partial charge in [-0.25, -0.2) is 0 Å². The van der Waals surface area contributed by atoms with Crippen molar-refractivity contribution in [1.82, 2.24) is 4.90 Å². The largest absolute Gasteiger partial charge is 0.326 e. The fraction of sp³-hybridized carbons (Fsp3) is 1.00. The van der Waals surface area contributed by atoms with E-state index in [9.17, 15) is 0 Å². The lowest BCUT2D eigenvalue weighted by Crippen LogP contribution is -2.57. The zero-order valence-corrected chi connectivity index (χ0v) is 8.59. The van der Waals surface area contributed by atoms with Gasteiger partial charge in [-0.3, -0.25) is 4.90 Å². The minimum Gasteiger partial charge on any atom is -0.326 e. The summed E-state index contributed by atoms with van der Waals surface area (Å²) in [4.78, 5) is 2.53. The predicted molar refractivity (Wildman–Crippen MR) is 53.1 cm³/mol. The molecule has 2 atom stereocenters. The molecule has 1 rings (SSSR count). The molecule has 1 heterocycles. The molecule has 2 N–H and O–H groups in total. The molecule has 1 aliphatic heterocycles. The number of likely N-dealkylation sites (tertiary alicyclic amines) is 1. The number of nitrogens with zero attached hydrogens (tertiary/aromatic N) is 1. The van der Waals surface area contributed by atoms with Crippen LogP contribution in [0.4, 0.5) is 0 Å². The van der Waals surface area contributed by atoms with Gasteiger partial charge in [0.05, 0.1) is 0 Å². The zero-order valence-electron chi connectivity index (χ0n) is 8.59. The van der Waals surface area contributed by atoms with E-state index in [-0.39, 0.29) is 0 Å². The Labute approximate surface area is 76.1 Å². The van der Waals surface area contributed by atoms with Crippen LogP contribution in [0.3, 0.4) is 0 Å². The van der Waals surface area contributed by atoms with Gasteiger partial charge in [-0.2, -0.15) is 0 Å². The van der Waals surface area contributed by atoms with Crippen molar-refractivity contribution in [1.29, 1.82) is 0 Å². The first-order valence-electron chi connectivity index (χ1n) is 5.14. The fourth-order valence-electron chi connectivity index (χ4n) is 1.91. The average Bonchev–Trinajstić information content (AvgIpc) is 1.98. The second-order valence-electron chi connectivity index (χ2n) is 4.32. The van der Waals surface area contributed by atoms with Crippen molar-refractivity contribution in [2.45, 2.75) is 45.7 Å². The molecule has 0 saturated carbocycles. The second-order valence-corrected chi connectivity index (χ2v) is 4.32. The Morgan fingerprint density at radius 3 is 2.50 bits per heavy atom. The first kappa shape index (κ1) is 10.0. The lowest BCUT2D eigenvalue weighted by atomic mass is 9.93. The number of hydrogen-bond acceptors (Lipinski definition) is 2. The van der Waals surface area contributed by atoms with Crippen molar-refractivity contribution in [2.24, 2.45) is 11.7 Å². The van der Waals surface area contributed by atoms with Crippen LogP contribution in [-0.4, -0.2) is 30.1 Å². The molecular formula is C10H22N2. The molecule has 2 unspecified atom stereocenters. The molecule has 0 aromatic rings. The summed E-state index contributed by atoms with van der Waals surface area (Å²) in [5.74, 6) is 0.775. The summed E-state index contributed by atoms with van der Waals surface area (Å²) >= 11 is 0. The Hall–Kier alpha value is -0.0800. The van der Waals surface area contributed by atoms with Gasteiger partial charge in [-0.1, -0.05) is 20.8 Å². The standard InChI is InChI=1S/C10H22N2/c1-4-9(11)10-5-6-12(10)7-8(2)3/h8-10H,4-7,11H2,1-3H3. The third-order valence-electron chi connectivity index (χ3n) is 2.75. The highest BCUT2D eigenvalue weighted by molar-refractivity contribution is 4.90. The lowest BCUT2D eigenvalue weighted by molar-refractivity contribution is 0.0573. The summed E-state index contributed by atoms with van der Waals surface area (Å²) in [6, 6.07) is 1.08. The van der Waals surface area contributed by atoms with Gasteiger partial charge in [0, 0.05) is 25.2 Å². The van der Waals surface area contributed by atoms with Gasteiger partial charge in [0.15, 0.2) is 0 Å². The van der Waals surface area contributed by atoms with Gasteiger partial charge < -0.3 is 5.73 Å². The van der Waals surface area contributed by atoms with Gasteiger partial charge in [0.1, 0.15) is 0 Å². The smallest absolute Gasteiger partial charge is 0.0259 e. The highest BCUT2D eigenvalue weighted by Gasteiger charge is 2.31. The Balaban J connectivity index is 2.28. The summed E-state index contributed by atoms with van der Waals surface area (Å²) in [7, 11) is 0. The summed E-state index contributed by atoms with van der Waals surface area (Å²) in [6.45, 7) is 9.20. The quantitative estimate of drug-likeness (QED) is 0.692. The summed E-state index contributed by atoms with van der Waals surface area (Å²) in [5, 5.41) is 0. The predicted octanol–water partition coefficient (Wildman–Crippen LogP) is 1.45. The van der Waals surface area contributed by atoms with Gasteiger partial charge >= 0.3 is 0 Å². The SMILES string of the molecule is CCC(N)C1CCN1CC(C)C. The Bertz CT molecular complexity index is 134. The molecule has 72 valence electrons. The van der Waals surface area contributed by atoms with Crippen molar-refractivity contribution in [3.05, 3.63) is 0 Å². The average molecular weight is 170 g/mol. The molecule has 0 amide bonds. The summed E-state index contributed by atoms with van der Waals surface area (Å²) in [6.07, 6.45) is 2.42. The first-order valence-corrected chi connectivity index (χ1v) is 5.14. The van der Waals surface area contributed by atoms with E-state index >= 15 is 0 Å². The van der Waals surface area contributed by atoms with Crippen molar-refractivity contribution < 1.29 is 0 Å². The molecule has 0 aromatic carbocycles. The van der Waals surface area contributed by atoms with Gasteiger partial charge in [-0.05, 0) is 18.8 Å². The van der Waals surface area contributed by atoms with Crippen LogP contribution in [0, 0.1) is 5.92 Å². The maximum atomic E-state index is 6.00. The number of nitrogens with two attached hydrogens (primary N) is 1. The van der Waals surface area contributed by atoms with Crippen LogP contribution in [-0.2, 0) is 0 Å². The second kappa shape index (κ2) is 4.24. The highest BCUT2D eigenvalue weighted by atomic mass is 15.2. The van der Waals surface area contributed by atoms with Crippen molar-refractivity contribution in [3.63, 3.8) is 0 Å². The maximum absolute atomic E-state index is 6.00. The van der Waals surface area contributed by atoms with Crippen molar-refractivity contribution >= 4 is 0 Å². The van der Waals surface area contributed by atoms with Crippen LogP contribution in [0.25, 0.3) is 0 Å². The van der Waals surface area contributed by atoms with E-state index in [1.54, 1.807) is 0 Å². The van der Waals surface area contributed by atoms with E-state index < -0.39 is 0 Å². The van der Waals surface area contributed by atoms with Crippen molar-refractivity contribution in [3.8, 4) is 0 Å². The third-order valence-corrected chi connectivity index (χ3v) is 2.75. The highest BCUT2D eigenvalue weighted by Crippen LogP contribution is 2.22. The summed E-state index contributed by atoms with van der Waals surface area (Å²) < 4.78 is 0. The zero-order chi connectivity index (χ0) is 9.14. The molecular weight excluding hydrogens is 148 g/mol. The van der Waals surface area contributed by atoms with Gasteiger partial charge in [0.25, 0.3) is 0 Å². The van der Waals surface area contributed by atoms with E-state index in [1.807, 2.05) is 0 Å². The molecule has 0 aromatic heterocycles. The van der Waals surface area contributed by atoms with E-state index in [4.69, 9.17) is 5.73 Å². The van der Waals surface area contributed by atoms with Crippen LogP contribution in [0.2, 0.25) is 0 Å².